The topological polar surface area (TPSA) is 54.4 Å². The minimum Gasteiger partial charge on any atom is -0.484 e. The molecule has 6 nitrogen and oxygen atoms in total. The lowest BCUT2D eigenvalue weighted by atomic mass is 10.1. The predicted octanol–water partition coefficient (Wildman–Crippen LogP) is 5.44. The maximum atomic E-state index is 12.9. The summed E-state index contributed by atoms with van der Waals surface area (Å²) < 4.78 is 11.9. The Balaban J connectivity index is 1.33. The van der Waals surface area contributed by atoms with Gasteiger partial charge in [-0.25, -0.2) is 4.99 Å². The number of ether oxygens (including phenoxy) is 2. The van der Waals surface area contributed by atoms with Crippen LogP contribution in [0.4, 0.5) is 5.69 Å². The largest absolute Gasteiger partial charge is 0.484 e. The monoisotopic (exact) mass is 475 g/mol. The Morgan fingerprint density at radius 2 is 1.88 bits per heavy atom. The SMILES string of the molecule is Cc1ccc2c(c1)Oc1ccccc1C(N1CCN(C(=O)COc3ccc(Cl)cc3)C(C)C1)=N2. The molecule has 2 aliphatic rings. The number of fused-ring (bicyclic) bond motifs is 2. The number of carbonyl (C=O) groups excluding carboxylic acids is 1. The number of rotatable bonds is 3. The van der Waals surface area contributed by atoms with Crippen LogP contribution in [0.2, 0.25) is 5.02 Å². The highest BCUT2D eigenvalue weighted by Gasteiger charge is 2.31. The number of hydrogen-bond acceptors (Lipinski definition) is 5. The van der Waals surface area contributed by atoms with Gasteiger partial charge in [-0.2, -0.15) is 0 Å². The van der Waals surface area contributed by atoms with Crippen molar-refractivity contribution in [3.05, 3.63) is 82.9 Å². The molecule has 3 aromatic carbocycles. The molecule has 1 unspecified atom stereocenters. The van der Waals surface area contributed by atoms with Gasteiger partial charge in [-0.05, 0) is 67.9 Å². The molecule has 0 aromatic heterocycles. The smallest absolute Gasteiger partial charge is 0.260 e. The lowest BCUT2D eigenvalue weighted by Gasteiger charge is -2.41. The summed E-state index contributed by atoms with van der Waals surface area (Å²) in [6.45, 7) is 6.03. The van der Waals surface area contributed by atoms with E-state index in [0.29, 0.717) is 30.4 Å². The fourth-order valence-electron chi connectivity index (χ4n) is 4.35. The first kappa shape index (κ1) is 22.3. The summed E-state index contributed by atoms with van der Waals surface area (Å²) in [6, 6.07) is 21.0. The van der Waals surface area contributed by atoms with E-state index in [2.05, 4.69) is 11.8 Å². The first-order chi connectivity index (χ1) is 16.5. The molecule has 174 valence electrons. The van der Waals surface area contributed by atoms with Gasteiger partial charge in [0.25, 0.3) is 5.91 Å². The van der Waals surface area contributed by atoms with Crippen LogP contribution < -0.4 is 9.47 Å². The van der Waals surface area contributed by atoms with E-state index in [1.165, 1.54) is 0 Å². The number of aliphatic imine (C=N–C) groups is 1. The summed E-state index contributed by atoms with van der Waals surface area (Å²) >= 11 is 5.92. The molecular weight excluding hydrogens is 450 g/mol. The maximum Gasteiger partial charge on any atom is 0.260 e. The zero-order valence-corrected chi connectivity index (χ0v) is 20.0. The van der Waals surface area contributed by atoms with E-state index in [1.807, 2.05) is 54.3 Å². The van der Waals surface area contributed by atoms with Gasteiger partial charge >= 0.3 is 0 Å². The van der Waals surface area contributed by atoms with Crippen LogP contribution in [0.25, 0.3) is 0 Å². The van der Waals surface area contributed by atoms with Crippen molar-refractivity contribution < 1.29 is 14.3 Å². The Bertz CT molecular complexity index is 1240. The standard InChI is InChI=1S/C27H26ClN3O3/c1-18-7-12-23-25(15-18)34-24-6-4-3-5-22(24)27(29-23)30-13-14-31(19(2)16-30)26(32)17-33-21-10-8-20(28)9-11-21/h3-12,15,19H,13-14,16-17H2,1-2H3. The van der Waals surface area contributed by atoms with E-state index >= 15 is 0 Å². The summed E-state index contributed by atoms with van der Waals surface area (Å²) in [6.07, 6.45) is 0. The molecule has 0 radical (unpaired) electrons. The van der Waals surface area contributed by atoms with E-state index in [0.717, 1.165) is 34.1 Å². The third-order valence-electron chi connectivity index (χ3n) is 6.11. The quantitative estimate of drug-likeness (QED) is 0.506. The van der Waals surface area contributed by atoms with Crippen LogP contribution in [-0.4, -0.2) is 53.8 Å². The molecule has 2 aliphatic heterocycles. The number of hydrogen-bond donors (Lipinski definition) is 0. The molecule has 2 heterocycles. The second-order valence-electron chi connectivity index (χ2n) is 8.63. The van der Waals surface area contributed by atoms with Gasteiger partial charge in [-0.15, -0.1) is 0 Å². The highest BCUT2D eigenvalue weighted by molar-refractivity contribution is 6.30. The first-order valence-electron chi connectivity index (χ1n) is 11.4. The van der Waals surface area contributed by atoms with Crippen molar-refractivity contribution in [3.8, 4) is 17.2 Å². The van der Waals surface area contributed by atoms with Crippen molar-refractivity contribution in [1.82, 2.24) is 9.80 Å². The van der Waals surface area contributed by atoms with Crippen LogP contribution in [0.1, 0.15) is 18.1 Å². The number of piperazine rings is 1. The van der Waals surface area contributed by atoms with Crippen molar-refractivity contribution in [2.45, 2.75) is 19.9 Å². The Morgan fingerprint density at radius 1 is 1.09 bits per heavy atom. The van der Waals surface area contributed by atoms with E-state index in [9.17, 15) is 4.79 Å². The molecule has 0 spiro atoms. The number of amides is 1. The second kappa shape index (κ2) is 9.39. The van der Waals surface area contributed by atoms with Gasteiger partial charge in [0.1, 0.15) is 23.0 Å². The van der Waals surface area contributed by atoms with Gasteiger partial charge in [-0.3, -0.25) is 4.79 Å². The van der Waals surface area contributed by atoms with E-state index in [-0.39, 0.29) is 18.6 Å². The number of benzene rings is 3. The van der Waals surface area contributed by atoms with Gasteiger partial charge in [-0.1, -0.05) is 29.8 Å². The van der Waals surface area contributed by atoms with Crippen LogP contribution in [-0.2, 0) is 4.79 Å². The highest BCUT2D eigenvalue weighted by atomic mass is 35.5. The van der Waals surface area contributed by atoms with Crippen molar-refractivity contribution in [2.75, 3.05) is 26.2 Å². The molecule has 1 amide bonds. The number of halogens is 1. The molecule has 1 atom stereocenters. The minimum atomic E-state index is -0.0329. The van der Waals surface area contributed by atoms with Gasteiger partial charge in [0.05, 0.1) is 5.56 Å². The molecule has 0 saturated carbocycles. The van der Waals surface area contributed by atoms with Gasteiger partial charge in [0.2, 0.25) is 0 Å². The molecule has 0 aliphatic carbocycles. The summed E-state index contributed by atoms with van der Waals surface area (Å²) in [7, 11) is 0. The van der Waals surface area contributed by atoms with Crippen LogP contribution in [0.3, 0.4) is 0 Å². The van der Waals surface area contributed by atoms with Crippen molar-refractivity contribution >= 4 is 29.0 Å². The van der Waals surface area contributed by atoms with Gasteiger partial charge in [0, 0.05) is 30.7 Å². The summed E-state index contributed by atoms with van der Waals surface area (Å²) in [4.78, 5) is 22.0. The van der Waals surface area contributed by atoms with Crippen LogP contribution in [0, 0.1) is 6.92 Å². The number of aryl methyl sites for hydroxylation is 1. The van der Waals surface area contributed by atoms with Gasteiger partial charge < -0.3 is 19.3 Å². The summed E-state index contributed by atoms with van der Waals surface area (Å²) in [5.41, 5.74) is 2.88. The van der Waals surface area contributed by atoms with Crippen LogP contribution in [0.15, 0.2) is 71.7 Å². The Morgan fingerprint density at radius 3 is 2.68 bits per heavy atom. The lowest BCUT2D eigenvalue weighted by molar-refractivity contribution is -0.137. The maximum absolute atomic E-state index is 12.9. The lowest BCUT2D eigenvalue weighted by Crippen LogP contribution is -2.56. The van der Waals surface area contributed by atoms with E-state index < -0.39 is 0 Å². The van der Waals surface area contributed by atoms with Crippen LogP contribution >= 0.6 is 11.6 Å². The van der Waals surface area contributed by atoms with E-state index in [4.69, 9.17) is 26.1 Å². The van der Waals surface area contributed by atoms with Gasteiger partial charge in [0.15, 0.2) is 12.4 Å². The zero-order valence-electron chi connectivity index (χ0n) is 19.2. The number of nitrogens with zero attached hydrogens (tertiary/aromatic N) is 3. The molecular formula is C27H26ClN3O3. The Hall–Kier alpha value is -3.51. The summed E-state index contributed by atoms with van der Waals surface area (Å²) in [5, 5.41) is 0.634. The molecule has 7 heteroatoms. The molecule has 34 heavy (non-hydrogen) atoms. The average Bonchev–Trinajstić information content (AvgIpc) is 3.00. The third kappa shape index (κ3) is 4.59. The van der Waals surface area contributed by atoms with Crippen LogP contribution in [0.5, 0.6) is 17.2 Å². The summed E-state index contributed by atoms with van der Waals surface area (Å²) in [5.74, 6) is 3.00. The molecule has 1 fully saturated rings. The average molecular weight is 476 g/mol. The van der Waals surface area contributed by atoms with Crippen molar-refractivity contribution in [3.63, 3.8) is 0 Å². The number of carbonyl (C=O) groups is 1. The molecule has 0 bridgehead atoms. The number of para-hydroxylation sites is 1. The fourth-order valence-corrected chi connectivity index (χ4v) is 4.47. The minimum absolute atomic E-state index is 0.00365. The zero-order chi connectivity index (χ0) is 23.7. The Kier molecular flexibility index (Phi) is 6.16. The van der Waals surface area contributed by atoms with E-state index in [1.54, 1.807) is 24.3 Å². The van der Waals surface area contributed by atoms with Crippen molar-refractivity contribution in [1.29, 1.82) is 0 Å². The third-order valence-corrected chi connectivity index (χ3v) is 6.36. The number of amidine groups is 1. The Labute approximate surface area is 204 Å². The predicted molar refractivity (Wildman–Crippen MR) is 134 cm³/mol. The molecule has 5 rings (SSSR count). The molecule has 0 N–H and O–H groups in total. The fraction of sp³-hybridized carbons (Fsp3) is 0.259. The van der Waals surface area contributed by atoms with Crippen molar-refractivity contribution in [2.24, 2.45) is 4.99 Å². The first-order valence-corrected chi connectivity index (χ1v) is 11.7. The second-order valence-corrected chi connectivity index (χ2v) is 9.07. The normalized spacial score (nSPS) is 17.1. The molecule has 3 aromatic rings. The highest BCUT2D eigenvalue weighted by Crippen LogP contribution is 2.38. The molecule has 1 saturated heterocycles.